The van der Waals surface area contributed by atoms with Crippen LogP contribution in [0.2, 0.25) is 0 Å². The van der Waals surface area contributed by atoms with Crippen molar-refractivity contribution in [1.82, 2.24) is 5.32 Å². The number of benzene rings is 2. The van der Waals surface area contributed by atoms with E-state index in [-0.39, 0.29) is 5.69 Å². The van der Waals surface area contributed by atoms with Gasteiger partial charge in [0.05, 0.1) is 10.8 Å². The minimum Gasteiger partial charge on any atom is -0.481 e. The van der Waals surface area contributed by atoms with Gasteiger partial charge >= 0.3 is 11.9 Å². The highest BCUT2D eigenvalue weighted by molar-refractivity contribution is 5.88. The number of nitrogens with zero attached hydrogens (tertiary/aromatic N) is 1. The van der Waals surface area contributed by atoms with Crippen LogP contribution in [0.25, 0.3) is 0 Å². The molecular formula is C19H18N2O7. The van der Waals surface area contributed by atoms with Gasteiger partial charge in [-0.3, -0.25) is 19.7 Å². The second-order valence-electron chi connectivity index (χ2n) is 6.12. The largest absolute Gasteiger partial charge is 0.481 e. The average Bonchev–Trinajstić information content (AvgIpc) is 2.64. The second-order valence-corrected chi connectivity index (χ2v) is 6.12. The predicted octanol–water partition coefficient (Wildman–Crippen LogP) is 2.02. The first-order valence-corrected chi connectivity index (χ1v) is 8.24. The molecule has 0 aliphatic heterocycles. The molecule has 0 fully saturated rings. The summed E-state index contributed by atoms with van der Waals surface area (Å²) in [5, 5.41) is 32.4. The number of amides is 1. The lowest BCUT2D eigenvalue weighted by Gasteiger charge is -2.29. The summed E-state index contributed by atoms with van der Waals surface area (Å²) in [6.07, 6.45) is 0. The van der Waals surface area contributed by atoms with Gasteiger partial charge in [-0.15, -0.1) is 0 Å². The number of nitro benzene ring substituents is 1. The Morgan fingerprint density at radius 3 is 1.89 bits per heavy atom. The first kappa shape index (κ1) is 20.6. The molecule has 0 saturated heterocycles. The van der Waals surface area contributed by atoms with Crippen molar-refractivity contribution in [3.63, 3.8) is 0 Å². The number of aliphatic carboxylic acids is 2. The lowest BCUT2D eigenvalue weighted by molar-refractivity contribution is -0.384. The van der Waals surface area contributed by atoms with Crippen molar-refractivity contribution in [1.29, 1.82) is 0 Å². The molecule has 0 spiro atoms. The maximum atomic E-state index is 12.1. The normalized spacial score (nSPS) is 13.8. The summed E-state index contributed by atoms with van der Waals surface area (Å²) in [6.45, 7) is 1.10. The number of hydrogen-bond donors (Lipinski definition) is 3. The molecule has 0 radical (unpaired) electrons. The van der Waals surface area contributed by atoms with Crippen LogP contribution in [0.5, 0.6) is 0 Å². The highest BCUT2D eigenvalue weighted by Crippen LogP contribution is 2.35. The molecule has 2 aromatic rings. The zero-order valence-electron chi connectivity index (χ0n) is 14.8. The van der Waals surface area contributed by atoms with Crippen molar-refractivity contribution in [2.24, 2.45) is 5.92 Å². The van der Waals surface area contributed by atoms with Crippen molar-refractivity contribution in [2.45, 2.75) is 18.9 Å². The number of nitrogens with one attached hydrogen (secondary N) is 1. The molecule has 146 valence electrons. The predicted molar refractivity (Wildman–Crippen MR) is 97.7 cm³/mol. The maximum absolute atomic E-state index is 12.1. The van der Waals surface area contributed by atoms with E-state index in [9.17, 15) is 34.7 Å². The summed E-state index contributed by atoms with van der Waals surface area (Å²) in [5.41, 5.74) is 0.695. The molecule has 9 nitrogen and oxygen atoms in total. The SMILES string of the molecule is CC(=O)N[C@H](C(=O)O)C(C(=O)O)C(c1ccccc1)c1ccc([N+](=O)[O-])cc1. The summed E-state index contributed by atoms with van der Waals surface area (Å²) in [4.78, 5) is 45.6. The van der Waals surface area contributed by atoms with Gasteiger partial charge in [-0.25, -0.2) is 4.79 Å². The molecular weight excluding hydrogens is 368 g/mol. The number of carboxylic acids is 2. The van der Waals surface area contributed by atoms with E-state index in [0.717, 1.165) is 6.92 Å². The van der Waals surface area contributed by atoms with Crippen LogP contribution in [0.3, 0.4) is 0 Å². The van der Waals surface area contributed by atoms with Gasteiger partial charge in [-0.1, -0.05) is 42.5 Å². The Morgan fingerprint density at radius 1 is 0.929 bits per heavy atom. The first-order chi connectivity index (χ1) is 13.2. The lowest BCUT2D eigenvalue weighted by Crippen LogP contribution is -2.50. The van der Waals surface area contributed by atoms with Gasteiger partial charge in [-0.2, -0.15) is 0 Å². The molecule has 2 unspecified atom stereocenters. The molecule has 0 aliphatic rings. The van der Waals surface area contributed by atoms with Gasteiger partial charge < -0.3 is 15.5 Å². The molecule has 0 aliphatic carbocycles. The van der Waals surface area contributed by atoms with Crippen LogP contribution < -0.4 is 5.32 Å². The van der Waals surface area contributed by atoms with Crippen LogP contribution in [-0.4, -0.2) is 39.0 Å². The summed E-state index contributed by atoms with van der Waals surface area (Å²) in [6, 6.07) is 11.8. The zero-order chi connectivity index (χ0) is 20.8. The van der Waals surface area contributed by atoms with Gasteiger partial charge in [0.25, 0.3) is 5.69 Å². The lowest BCUT2D eigenvalue weighted by atomic mass is 9.76. The quantitative estimate of drug-likeness (QED) is 0.464. The fourth-order valence-corrected chi connectivity index (χ4v) is 3.07. The maximum Gasteiger partial charge on any atom is 0.327 e. The zero-order valence-corrected chi connectivity index (χ0v) is 14.8. The standard InChI is InChI=1S/C19H18N2O7/c1-11(22)20-17(19(25)26)16(18(23)24)15(12-5-3-2-4-6-12)13-7-9-14(10-8-13)21(27)28/h2-10,15-17H,1H3,(H,20,22)(H,23,24)(H,25,26)/t15?,16?,17-/m0/s1. The molecule has 0 saturated carbocycles. The number of hydrogen-bond acceptors (Lipinski definition) is 5. The number of carbonyl (C=O) groups excluding carboxylic acids is 1. The third-order valence-corrected chi connectivity index (χ3v) is 4.25. The van der Waals surface area contributed by atoms with Crippen LogP contribution in [0.1, 0.15) is 24.0 Å². The molecule has 0 bridgehead atoms. The number of carbonyl (C=O) groups is 3. The monoisotopic (exact) mass is 386 g/mol. The summed E-state index contributed by atoms with van der Waals surface area (Å²) in [7, 11) is 0. The first-order valence-electron chi connectivity index (χ1n) is 8.24. The highest BCUT2D eigenvalue weighted by atomic mass is 16.6. The fourth-order valence-electron chi connectivity index (χ4n) is 3.07. The van der Waals surface area contributed by atoms with Crippen LogP contribution in [0.4, 0.5) is 5.69 Å². The summed E-state index contributed by atoms with van der Waals surface area (Å²) >= 11 is 0. The van der Waals surface area contributed by atoms with E-state index < -0.39 is 40.6 Å². The molecule has 2 rings (SSSR count). The minimum absolute atomic E-state index is 0.181. The van der Waals surface area contributed by atoms with Gasteiger partial charge in [0.15, 0.2) is 0 Å². The molecule has 1 amide bonds. The summed E-state index contributed by atoms with van der Waals surface area (Å²) < 4.78 is 0. The average molecular weight is 386 g/mol. The van der Waals surface area contributed by atoms with Gasteiger partial charge in [-0.05, 0) is 11.1 Å². The molecule has 9 heteroatoms. The Hall–Kier alpha value is -3.75. The van der Waals surface area contributed by atoms with Crippen LogP contribution in [0.15, 0.2) is 54.6 Å². The minimum atomic E-state index is -1.70. The smallest absolute Gasteiger partial charge is 0.327 e. The van der Waals surface area contributed by atoms with Crippen LogP contribution in [-0.2, 0) is 14.4 Å². The van der Waals surface area contributed by atoms with E-state index in [0.29, 0.717) is 11.1 Å². The van der Waals surface area contributed by atoms with Gasteiger partial charge in [0.1, 0.15) is 6.04 Å². The molecule has 2 aromatic carbocycles. The number of rotatable bonds is 8. The van der Waals surface area contributed by atoms with E-state index in [2.05, 4.69) is 5.32 Å². The third kappa shape index (κ3) is 4.70. The number of non-ortho nitro benzene ring substituents is 1. The third-order valence-electron chi connectivity index (χ3n) is 4.25. The van der Waals surface area contributed by atoms with E-state index in [1.807, 2.05) is 0 Å². The van der Waals surface area contributed by atoms with Crippen molar-refractivity contribution in [2.75, 3.05) is 0 Å². The molecule has 0 heterocycles. The Bertz CT molecular complexity index is 881. The Balaban J connectivity index is 2.63. The molecule has 28 heavy (non-hydrogen) atoms. The number of nitro groups is 1. The van der Waals surface area contributed by atoms with E-state index in [4.69, 9.17) is 0 Å². The van der Waals surface area contributed by atoms with Crippen LogP contribution in [0, 0.1) is 16.0 Å². The van der Waals surface area contributed by atoms with Crippen molar-refractivity contribution in [3.05, 3.63) is 75.8 Å². The van der Waals surface area contributed by atoms with Crippen molar-refractivity contribution in [3.8, 4) is 0 Å². The van der Waals surface area contributed by atoms with Crippen molar-refractivity contribution >= 4 is 23.5 Å². The van der Waals surface area contributed by atoms with E-state index in [1.165, 1.54) is 24.3 Å². The van der Waals surface area contributed by atoms with E-state index in [1.54, 1.807) is 30.3 Å². The summed E-state index contributed by atoms with van der Waals surface area (Å²) in [5.74, 6) is -6.12. The van der Waals surface area contributed by atoms with Crippen LogP contribution >= 0.6 is 0 Å². The molecule has 3 N–H and O–H groups in total. The van der Waals surface area contributed by atoms with Crippen molar-refractivity contribution < 1.29 is 29.5 Å². The fraction of sp³-hybridized carbons (Fsp3) is 0.211. The Labute approximate surface area is 159 Å². The molecule has 0 aromatic heterocycles. The Kier molecular flexibility index (Phi) is 6.43. The van der Waals surface area contributed by atoms with Gasteiger partial charge in [0, 0.05) is 25.0 Å². The van der Waals surface area contributed by atoms with Gasteiger partial charge in [0.2, 0.25) is 5.91 Å². The number of carboxylic acid groups (broad SMARTS) is 2. The highest BCUT2D eigenvalue weighted by Gasteiger charge is 2.42. The molecule has 3 atom stereocenters. The topological polar surface area (TPSA) is 147 Å². The van der Waals surface area contributed by atoms with E-state index >= 15 is 0 Å². The Morgan fingerprint density at radius 2 is 1.46 bits per heavy atom. The second kappa shape index (κ2) is 8.76.